The first-order valence-electron chi connectivity index (χ1n) is 10.7. The van der Waals surface area contributed by atoms with Crippen molar-refractivity contribution in [2.75, 3.05) is 41.0 Å². The molecule has 1 amide bonds. The molecule has 0 unspecified atom stereocenters. The molecule has 6 heteroatoms. The van der Waals surface area contributed by atoms with Crippen LogP contribution < -0.4 is 14.2 Å². The van der Waals surface area contributed by atoms with E-state index in [0.717, 1.165) is 60.6 Å². The van der Waals surface area contributed by atoms with Gasteiger partial charge in [-0.3, -0.25) is 9.69 Å². The average Bonchev–Trinajstić information content (AvgIpc) is 2.81. The van der Waals surface area contributed by atoms with Gasteiger partial charge in [0, 0.05) is 39.1 Å². The van der Waals surface area contributed by atoms with E-state index in [1.165, 1.54) is 21.9 Å². The number of methoxy groups -OCH3 is 3. The van der Waals surface area contributed by atoms with E-state index in [0.29, 0.717) is 6.04 Å². The van der Waals surface area contributed by atoms with Gasteiger partial charge in [0.15, 0.2) is 11.5 Å². The van der Waals surface area contributed by atoms with Crippen molar-refractivity contribution >= 4 is 27.5 Å². The molecule has 2 heterocycles. The van der Waals surface area contributed by atoms with Crippen LogP contribution >= 0.6 is 0 Å². The molecule has 1 atom stereocenters. The molecule has 0 aliphatic carbocycles. The molecule has 1 fully saturated rings. The summed E-state index contributed by atoms with van der Waals surface area (Å²) in [7, 11) is 5.04. The Kier molecular flexibility index (Phi) is 4.89. The van der Waals surface area contributed by atoms with Gasteiger partial charge >= 0.3 is 0 Å². The molecule has 0 N–H and O–H groups in total. The summed E-state index contributed by atoms with van der Waals surface area (Å²) in [6.45, 7) is 5.04. The van der Waals surface area contributed by atoms with E-state index in [4.69, 9.17) is 14.2 Å². The third-order valence-corrected chi connectivity index (χ3v) is 6.91. The molecule has 2 aliphatic rings. The Balaban J connectivity index is 1.76. The second kappa shape index (κ2) is 7.61. The largest absolute Gasteiger partial charge is 0.497 e. The SMILES string of the molecule is COc1ccc2c3c(c4cc(OC)c(OC)cc4c2c1)C[C@H]1CN(C(C)=O)CCN1C3. The van der Waals surface area contributed by atoms with Crippen molar-refractivity contribution in [1.82, 2.24) is 9.80 Å². The zero-order valence-electron chi connectivity index (χ0n) is 18.5. The van der Waals surface area contributed by atoms with Crippen molar-refractivity contribution < 1.29 is 19.0 Å². The standard InChI is InChI=1S/C25H28N2O4/c1-15(28)26-7-8-27-14-23-18-6-5-17(29-2)10-20(18)22-12-25(31-4)24(30-3)11-21(22)19(23)9-16(27)13-26/h5-6,10-12,16H,7-9,13-14H2,1-4H3/t16-/m0/s1. The molecule has 0 aromatic heterocycles. The van der Waals surface area contributed by atoms with Gasteiger partial charge in [-0.15, -0.1) is 0 Å². The van der Waals surface area contributed by atoms with E-state index in [1.54, 1.807) is 28.3 Å². The number of nitrogens with zero attached hydrogens (tertiary/aromatic N) is 2. The highest BCUT2D eigenvalue weighted by Crippen LogP contribution is 2.43. The Morgan fingerprint density at radius 3 is 2.26 bits per heavy atom. The molecule has 5 rings (SSSR count). The monoisotopic (exact) mass is 420 g/mol. The molecule has 2 aliphatic heterocycles. The highest BCUT2D eigenvalue weighted by molar-refractivity contribution is 6.12. The fourth-order valence-electron chi connectivity index (χ4n) is 5.25. The number of benzene rings is 3. The lowest BCUT2D eigenvalue weighted by molar-refractivity contribution is -0.132. The van der Waals surface area contributed by atoms with Crippen LogP contribution in [0.2, 0.25) is 0 Å². The maximum atomic E-state index is 12.0. The van der Waals surface area contributed by atoms with Gasteiger partial charge in [0.05, 0.1) is 21.3 Å². The van der Waals surface area contributed by atoms with Crippen molar-refractivity contribution in [1.29, 1.82) is 0 Å². The molecule has 162 valence electrons. The summed E-state index contributed by atoms with van der Waals surface area (Å²) in [5, 5.41) is 4.74. The van der Waals surface area contributed by atoms with Crippen LogP contribution in [0.5, 0.6) is 17.2 Å². The van der Waals surface area contributed by atoms with Crippen LogP contribution in [0.3, 0.4) is 0 Å². The van der Waals surface area contributed by atoms with Crippen LogP contribution in [-0.2, 0) is 17.8 Å². The smallest absolute Gasteiger partial charge is 0.219 e. The lowest BCUT2D eigenvalue weighted by Gasteiger charge is -2.45. The minimum atomic E-state index is 0.160. The van der Waals surface area contributed by atoms with Gasteiger partial charge in [-0.2, -0.15) is 0 Å². The summed E-state index contributed by atoms with van der Waals surface area (Å²) in [5.74, 6) is 2.45. The van der Waals surface area contributed by atoms with Crippen molar-refractivity contribution in [2.24, 2.45) is 0 Å². The van der Waals surface area contributed by atoms with E-state index < -0.39 is 0 Å². The highest BCUT2D eigenvalue weighted by Gasteiger charge is 2.34. The Hall–Kier alpha value is -2.99. The highest BCUT2D eigenvalue weighted by atomic mass is 16.5. The molecule has 0 saturated carbocycles. The fourth-order valence-corrected chi connectivity index (χ4v) is 5.25. The summed E-state index contributed by atoms with van der Waals surface area (Å²) < 4.78 is 16.8. The first kappa shape index (κ1) is 19.9. The van der Waals surface area contributed by atoms with Crippen LogP contribution in [0.4, 0.5) is 0 Å². The van der Waals surface area contributed by atoms with Crippen LogP contribution in [0.15, 0.2) is 30.3 Å². The van der Waals surface area contributed by atoms with Crippen molar-refractivity contribution in [2.45, 2.75) is 25.9 Å². The summed E-state index contributed by atoms with van der Waals surface area (Å²) in [6.07, 6.45) is 0.910. The van der Waals surface area contributed by atoms with Gasteiger partial charge in [0.25, 0.3) is 0 Å². The lowest BCUT2D eigenvalue weighted by Crippen LogP contribution is -2.56. The lowest BCUT2D eigenvalue weighted by atomic mass is 9.84. The number of rotatable bonds is 3. The second-order valence-electron chi connectivity index (χ2n) is 8.41. The maximum Gasteiger partial charge on any atom is 0.219 e. The van der Waals surface area contributed by atoms with Gasteiger partial charge in [-0.25, -0.2) is 0 Å². The van der Waals surface area contributed by atoms with Crippen LogP contribution in [-0.4, -0.2) is 62.7 Å². The molecule has 31 heavy (non-hydrogen) atoms. The van der Waals surface area contributed by atoms with Gasteiger partial charge in [-0.05, 0) is 63.4 Å². The molecule has 3 aromatic rings. The summed E-state index contributed by atoms with van der Waals surface area (Å²) in [4.78, 5) is 16.5. The Morgan fingerprint density at radius 1 is 0.871 bits per heavy atom. The summed E-state index contributed by atoms with van der Waals surface area (Å²) in [5.41, 5.74) is 2.71. The van der Waals surface area contributed by atoms with E-state index in [1.807, 2.05) is 11.0 Å². The molecular formula is C25H28N2O4. The molecular weight excluding hydrogens is 392 g/mol. The van der Waals surface area contributed by atoms with Crippen LogP contribution in [0.25, 0.3) is 21.5 Å². The van der Waals surface area contributed by atoms with Crippen molar-refractivity contribution in [3.05, 3.63) is 41.5 Å². The molecule has 1 saturated heterocycles. The normalized spacial score (nSPS) is 18.6. The maximum absolute atomic E-state index is 12.0. The molecule has 0 bridgehead atoms. The second-order valence-corrected chi connectivity index (χ2v) is 8.41. The van der Waals surface area contributed by atoms with Gasteiger partial charge < -0.3 is 19.1 Å². The quantitative estimate of drug-likeness (QED) is 0.606. The predicted octanol–water partition coefficient (Wildman–Crippen LogP) is 3.61. The van der Waals surface area contributed by atoms with E-state index in [9.17, 15) is 4.79 Å². The molecule has 0 spiro atoms. The van der Waals surface area contributed by atoms with Crippen LogP contribution in [0.1, 0.15) is 18.1 Å². The number of carbonyl (C=O) groups excluding carboxylic acids is 1. The minimum Gasteiger partial charge on any atom is -0.497 e. The van der Waals surface area contributed by atoms with E-state index >= 15 is 0 Å². The zero-order valence-corrected chi connectivity index (χ0v) is 18.5. The predicted molar refractivity (Wildman–Crippen MR) is 121 cm³/mol. The van der Waals surface area contributed by atoms with Crippen molar-refractivity contribution in [3.8, 4) is 17.2 Å². The molecule has 6 nitrogen and oxygen atoms in total. The number of hydrogen-bond donors (Lipinski definition) is 0. The zero-order chi connectivity index (χ0) is 21.7. The van der Waals surface area contributed by atoms with E-state index in [2.05, 4.69) is 29.2 Å². The topological polar surface area (TPSA) is 51.2 Å². The van der Waals surface area contributed by atoms with Crippen molar-refractivity contribution in [3.63, 3.8) is 0 Å². The Labute approximate surface area is 182 Å². The van der Waals surface area contributed by atoms with Crippen LogP contribution in [0, 0.1) is 0 Å². The fraction of sp³-hybridized carbons (Fsp3) is 0.400. The molecule has 3 aromatic carbocycles. The number of amides is 1. The number of fused-ring (bicyclic) bond motifs is 7. The number of piperazine rings is 1. The Morgan fingerprint density at radius 2 is 1.58 bits per heavy atom. The number of ether oxygens (including phenoxy) is 3. The van der Waals surface area contributed by atoms with Gasteiger partial charge in [-0.1, -0.05) is 6.07 Å². The molecule has 0 radical (unpaired) electrons. The summed E-state index contributed by atoms with van der Waals surface area (Å²) in [6, 6.07) is 10.8. The Bertz CT molecular complexity index is 1190. The summed E-state index contributed by atoms with van der Waals surface area (Å²) >= 11 is 0. The van der Waals surface area contributed by atoms with E-state index in [-0.39, 0.29) is 5.91 Å². The van der Waals surface area contributed by atoms with Gasteiger partial charge in [0.2, 0.25) is 5.91 Å². The van der Waals surface area contributed by atoms with Gasteiger partial charge in [0.1, 0.15) is 5.75 Å². The number of carbonyl (C=O) groups is 1. The first-order valence-corrected chi connectivity index (χ1v) is 10.7. The number of hydrogen-bond acceptors (Lipinski definition) is 5. The minimum absolute atomic E-state index is 0.160. The third-order valence-electron chi connectivity index (χ3n) is 6.91. The average molecular weight is 421 g/mol. The third kappa shape index (κ3) is 3.17. The first-order chi connectivity index (χ1) is 15.0.